The van der Waals surface area contributed by atoms with E-state index in [1.54, 1.807) is 6.07 Å². The van der Waals surface area contributed by atoms with Crippen molar-refractivity contribution >= 4 is 17.8 Å². The largest absolute Gasteiger partial charge is 0.487 e. The lowest BCUT2D eigenvalue weighted by Crippen LogP contribution is -2.50. The van der Waals surface area contributed by atoms with E-state index in [1.807, 2.05) is 27.7 Å². The summed E-state index contributed by atoms with van der Waals surface area (Å²) in [6, 6.07) is 4.07. The van der Waals surface area contributed by atoms with E-state index in [9.17, 15) is 14.0 Å². The van der Waals surface area contributed by atoms with Gasteiger partial charge in [0.25, 0.3) is 0 Å². The minimum absolute atomic E-state index is 0.0451. The number of halogens is 1. The number of hydrogen-bond donors (Lipinski definition) is 2. The molecule has 1 unspecified atom stereocenters. The topological polar surface area (TPSA) is 97.0 Å². The summed E-state index contributed by atoms with van der Waals surface area (Å²) in [5.74, 6) is 0.162. The number of nitrogens with one attached hydrogen (secondary N) is 1. The molecule has 1 saturated carbocycles. The van der Waals surface area contributed by atoms with Crippen LogP contribution < -0.4 is 15.8 Å². The number of nitrogens with two attached hydrogens (primary N) is 1. The Morgan fingerprint density at radius 3 is 2.80 bits per heavy atom. The van der Waals surface area contributed by atoms with Gasteiger partial charge in [-0.3, -0.25) is 14.5 Å². The number of nitrogens with zero attached hydrogens (tertiary/aromatic N) is 2. The van der Waals surface area contributed by atoms with Crippen molar-refractivity contribution in [3.05, 3.63) is 29.6 Å². The molecule has 7 nitrogen and oxygen atoms in total. The van der Waals surface area contributed by atoms with E-state index in [0.717, 1.165) is 0 Å². The standard InChI is InChI=1S/C22H29FN4O3/c1-21(2)10-18(28)27(20(24)26-21)11-12-7-14(12)19(29)25-16-9-22(3,4)30-17-6-5-13(23)8-15(16)17/h5-6,8,12,14,16H,7,9-11H2,1-4H3,(H2,24,26)(H,25,29)/t12?,14-,16+/m1/s1. The van der Waals surface area contributed by atoms with Gasteiger partial charge in [-0.2, -0.15) is 0 Å². The molecule has 0 aromatic heterocycles. The van der Waals surface area contributed by atoms with Gasteiger partial charge in [0, 0.05) is 24.4 Å². The summed E-state index contributed by atoms with van der Waals surface area (Å²) in [4.78, 5) is 31.2. The molecule has 0 spiro atoms. The van der Waals surface area contributed by atoms with E-state index >= 15 is 0 Å². The number of hydrogen-bond acceptors (Lipinski definition) is 5. The van der Waals surface area contributed by atoms with Crippen LogP contribution in [0.4, 0.5) is 4.39 Å². The van der Waals surface area contributed by atoms with Crippen LogP contribution >= 0.6 is 0 Å². The Balaban J connectivity index is 1.42. The highest BCUT2D eigenvalue weighted by Gasteiger charge is 2.47. The van der Waals surface area contributed by atoms with E-state index < -0.39 is 11.1 Å². The normalized spacial score (nSPS) is 28.8. The van der Waals surface area contributed by atoms with E-state index in [1.165, 1.54) is 17.0 Å². The summed E-state index contributed by atoms with van der Waals surface area (Å²) in [5.41, 5.74) is 5.69. The molecule has 3 atom stereocenters. The van der Waals surface area contributed by atoms with Gasteiger partial charge in [-0.15, -0.1) is 0 Å². The molecule has 2 heterocycles. The van der Waals surface area contributed by atoms with Crippen molar-refractivity contribution in [2.45, 2.75) is 64.1 Å². The van der Waals surface area contributed by atoms with Gasteiger partial charge in [0.1, 0.15) is 17.2 Å². The summed E-state index contributed by atoms with van der Waals surface area (Å²) in [7, 11) is 0. The molecule has 1 aliphatic carbocycles. The van der Waals surface area contributed by atoms with Gasteiger partial charge >= 0.3 is 0 Å². The first-order valence-corrected chi connectivity index (χ1v) is 10.4. The van der Waals surface area contributed by atoms with Crippen LogP contribution in [-0.4, -0.2) is 40.4 Å². The maximum absolute atomic E-state index is 13.8. The number of fused-ring (bicyclic) bond motifs is 1. The Morgan fingerprint density at radius 2 is 2.10 bits per heavy atom. The second kappa shape index (κ2) is 6.96. The third kappa shape index (κ3) is 4.13. The maximum Gasteiger partial charge on any atom is 0.231 e. The number of benzene rings is 1. The van der Waals surface area contributed by atoms with Crippen molar-refractivity contribution in [1.29, 1.82) is 0 Å². The van der Waals surface area contributed by atoms with Crippen LogP contribution in [0.1, 0.15) is 58.6 Å². The van der Waals surface area contributed by atoms with Crippen LogP contribution in [0.15, 0.2) is 23.2 Å². The van der Waals surface area contributed by atoms with Gasteiger partial charge in [-0.1, -0.05) is 0 Å². The monoisotopic (exact) mass is 416 g/mol. The first-order valence-electron chi connectivity index (χ1n) is 10.4. The van der Waals surface area contributed by atoms with Gasteiger partial charge in [0.2, 0.25) is 11.8 Å². The number of amides is 2. The summed E-state index contributed by atoms with van der Waals surface area (Å²) >= 11 is 0. The first kappa shape index (κ1) is 20.6. The molecule has 0 saturated heterocycles. The molecule has 1 aromatic rings. The van der Waals surface area contributed by atoms with Gasteiger partial charge in [-0.05, 0) is 58.2 Å². The predicted octanol–water partition coefficient (Wildman–Crippen LogP) is 2.51. The Bertz CT molecular complexity index is 927. The zero-order valence-electron chi connectivity index (χ0n) is 17.9. The summed E-state index contributed by atoms with van der Waals surface area (Å²) in [6.07, 6.45) is 1.54. The lowest BCUT2D eigenvalue weighted by molar-refractivity contribution is -0.130. The highest BCUT2D eigenvalue weighted by atomic mass is 19.1. The Morgan fingerprint density at radius 1 is 1.37 bits per heavy atom. The summed E-state index contributed by atoms with van der Waals surface area (Å²) < 4.78 is 19.7. The minimum atomic E-state index is -0.490. The van der Waals surface area contributed by atoms with E-state index in [4.69, 9.17) is 10.5 Å². The molecule has 1 fully saturated rings. The predicted molar refractivity (Wildman–Crippen MR) is 110 cm³/mol. The van der Waals surface area contributed by atoms with Crippen molar-refractivity contribution in [3.8, 4) is 5.75 Å². The molecule has 3 N–H and O–H groups in total. The van der Waals surface area contributed by atoms with Gasteiger partial charge in [0.05, 0.1) is 18.0 Å². The average molecular weight is 416 g/mol. The molecule has 162 valence electrons. The van der Waals surface area contributed by atoms with Crippen LogP contribution in [0.5, 0.6) is 5.75 Å². The molecular formula is C22H29FN4O3. The van der Waals surface area contributed by atoms with E-state index in [0.29, 0.717) is 37.1 Å². The van der Waals surface area contributed by atoms with Gasteiger partial charge in [0.15, 0.2) is 5.96 Å². The van der Waals surface area contributed by atoms with E-state index in [-0.39, 0.29) is 41.5 Å². The maximum atomic E-state index is 13.8. The van der Waals surface area contributed by atoms with Crippen LogP contribution in [0.25, 0.3) is 0 Å². The second-order valence-corrected chi connectivity index (χ2v) is 9.88. The minimum Gasteiger partial charge on any atom is -0.487 e. The fraction of sp³-hybridized carbons (Fsp3) is 0.591. The molecular weight excluding hydrogens is 387 g/mol. The average Bonchev–Trinajstić information content (AvgIpc) is 3.37. The van der Waals surface area contributed by atoms with Crippen LogP contribution in [-0.2, 0) is 9.59 Å². The van der Waals surface area contributed by atoms with Crippen molar-refractivity contribution in [1.82, 2.24) is 10.2 Å². The number of carbonyl (C=O) groups excluding carboxylic acids is 2. The number of ether oxygens (including phenoxy) is 1. The third-order valence-electron chi connectivity index (χ3n) is 6.00. The first-order chi connectivity index (χ1) is 13.9. The summed E-state index contributed by atoms with van der Waals surface area (Å²) in [5, 5.41) is 3.07. The quantitative estimate of drug-likeness (QED) is 0.788. The van der Waals surface area contributed by atoms with Gasteiger partial charge in [-0.25, -0.2) is 9.38 Å². The Kier molecular flexibility index (Phi) is 4.78. The number of guanidine groups is 1. The smallest absolute Gasteiger partial charge is 0.231 e. The van der Waals surface area contributed by atoms with Crippen LogP contribution in [0, 0.1) is 17.7 Å². The molecule has 1 aromatic carbocycles. The molecule has 4 rings (SSSR count). The number of carbonyl (C=O) groups is 2. The molecule has 0 radical (unpaired) electrons. The SMILES string of the molecule is CC1(C)CC(=O)N(CC2C[C@H]2C(=O)N[C@H]2CC(C)(C)Oc3ccc(F)cc32)C(N)=N1. The molecule has 8 heteroatoms. The Hall–Kier alpha value is -2.64. The van der Waals surface area contributed by atoms with Crippen molar-refractivity contribution in [2.24, 2.45) is 22.6 Å². The molecule has 0 bridgehead atoms. The zero-order valence-corrected chi connectivity index (χ0v) is 17.9. The Labute approximate surface area is 175 Å². The van der Waals surface area contributed by atoms with Crippen LogP contribution in [0.3, 0.4) is 0 Å². The molecule has 2 aliphatic heterocycles. The van der Waals surface area contributed by atoms with Crippen molar-refractivity contribution < 1.29 is 18.7 Å². The fourth-order valence-electron chi connectivity index (χ4n) is 4.44. The third-order valence-corrected chi connectivity index (χ3v) is 6.00. The fourth-order valence-corrected chi connectivity index (χ4v) is 4.44. The van der Waals surface area contributed by atoms with Crippen molar-refractivity contribution in [3.63, 3.8) is 0 Å². The molecule has 30 heavy (non-hydrogen) atoms. The second-order valence-electron chi connectivity index (χ2n) is 9.88. The highest BCUT2D eigenvalue weighted by Crippen LogP contribution is 2.43. The number of aliphatic imine (C=N–C) groups is 1. The zero-order chi connectivity index (χ0) is 21.8. The molecule has 2 amide bonds. The summed E-state index contributed by atoms with van der Waals surface area (Å²) in [6.45, 7) is 8.04. The van der Waals surface area contributed by atoms with Gasteiger partial charge < -0.3 is 15.8 Å². The molecule has 3 aliphatic rings. The van der Waals surface area contributed by atoms with E-state index in [2.05, 4.69) is 10.3 Å². The van der Waals surface area contributed by atoms with Crippen LogP contribution in [0.2, 0.25) is 0 Å². The lowest BCUT2D eigenvalue weighted by Gasteiger charge is -2.38. The highest BCUT2D eigenvalue weighted by molar-refractivity contribution is 5.99. The van der Waals surface area contributed by atoms with Crippen molar-refractivity contribution in [2.75, 3.05) is 6.54 Å². The lowest BCUT2D eigenvalue weighted by atomic mass is 9.89. The number of rotatable bonds is 4.